The molecule has 0 spiro atoms. The second kappa shape index (κ2) is 6.29. The Hall–Kier alpha value is -1.55. The predicted molar refractivity (Wildman–Crippen MR) is 86.7 cm³/mol. The fourth-order valence-corrected chi connectivity index (χ4v) is 2.76. The van der Waals surface area contributed by atoms with E-state index in [1.165, 1.54) is 0 Å². The number of rotatable bonds is 4. The first-order valence-corrected chi connectivity index (χ1v) is 8.05. The van der Waals surface area contributed by atoms with Crippen LogP contribution in [-0.4, -0.2) is 16.6 Å². The number of aliphatic hydroxyl groups excluding tert-OH is 1. The SMILES string of the molecule is CCC(C)C(=O)NC1CC(C)(C)Oc2ccc(C(C)O)cc21. The molecule has 122 valence electrons. The van der Waals surface area contributed by atoms with Crippen LogP contribution >= 0.6 is 0 Å². The van der Waals surface area contributed by atoms with Crippen LogP contribution in [0.15, 0.2) is 18.2 Å². The highest BCUT2D eigenvalue weighted by Gasteiger charge is 2.35. The van der Waals surface area contributed by atoms with E-state index in [0.29, 0.717) is 6.42 Å². The molecule has 1 amide bonds. The molecule has 4 heteroatoms. The topological polar surface area (TPSA) is 58.6 Å². The van der Waals surface area contributed by atoms with Gasteiger partial charge in [-0.1, -0.05) is 19.9 Å². The van der Waals surface area contributed by atoms with Crippen molar-refractivity contribution in [2.24, 2.45) is 5.92 Å². The summed E-state index contributed by atoms with van der Waals surface area (Å²) in [6, 6.07) is 5.62. The molecule has 2 N–H and O–H groups in total. The third-order valence-corrected chi connectivity index (χ3v) is 4.35. The van der Waals surface area contributed by atoms with Crippen molar-refractivity contribution in [3.8, 4) is 5.75 Å². The van der Waals surface area contributed by atoms with E-state index in [1.54, 1.807) is 6.92 Å². The normalized spacial score (nSPS) is 22.2. The van der Waals surface area contributed by atoms with Crippen LogP contribution < -0.4 is 10.1 Å². The van der Waals surface area contributed by atoms with Gasteiger partial charge in [0.05, 0.1) is 12.1 Å². The van der Waals surface area contributed by atoms with Crippen LogP contribution in [0.25, 0.3) is 0 Å². The number of hydrogen-bond acceptors (Lipinski definition) is 3. The quantitative estimate of drug-likeness (QED) is 0.895. The maximum Gasteiger partial charge on any atom is 0.223 e. The zero-order valence-electron chi connectivity index (χ0n) is 14.1. The van der Waals surface area contributed by atoms with Gasteiger partial charge in [0.1, 0.15) is 11.4 Å². The van der Waals surface area contributed by atoms with Crippen LogP contribution in [0.4, 0.5) is 0 Å². The Morgan fingerprint density at radius 3 is 2.73 bits per heavy atom. The van der Waals surface area contributed by atoms with Gasteiger partial charge in [-0.2, -0.15) is 0 Å². The van der Waals surface area contributed by atoms with Gasteiger partial charge < -0.3 is 15.2 Å². The van der Waals surface area contributed by atoms with Crippen LogP contribution in [0.3, 0.4) is 0 Å². The minimum Gasteiger partial charge on any atom is -0.487 e. The number of aliphatic hydroxyl groups is 1. The lowest BCUT2D eigenvalue weighted by atomic mass is 9.88. The van der Waals surface area contributed by atoms with Crippen molar-refractivity contribution in [2.45, 2.75) is 65.2 Å². The number of hydrogen-bond donors (Lipinski definition) is 2. The third-order valence-electron chi connectivity index (χ3n) is 4.35. The van der Waals surface area contributed by atoms with Gasteiger partial charge in [0.2, 0.25) is 5.91 Å². The number of ether oxygens (including phenoxy) is 1. The summed E-state index contributed by atoms with van der Waals surface area (Å²) >= 11 is 0. The fraction of sp³-hybridized carbons (Fsp3) is 0.611. The minimum absolute atomic E-state index is 0.00523. The number of carbonyl (C=O) groups is 1. The molecule has 0 bridgehead atoms. The van der Waals surface area contributed by atoms with Crippen molar-refractivity contribution < 1.29 is 14.6 Å². The Labute approximate surface area is 132 Å². The lowest BCUT2D eigenvalue weighted by Gasteiger charge is -2.38. The van der Waals surface area contributed by atoms with Crippen molar-refractivity contribution in [1.82, 2.24) is 5.32 Å². The van der Waals surface area contributed by atoms with Crippen molar-refractivity contribution >= 4 is 5.91 Å². The summed E-state index contributed by atoms with van der Waals surface area (Å²) < 4.78 is 6.02. The molecule has 0 radical (unpaired) electrons. The Kier molecular flexibility index (Phi) is 4.81. The zero-order chi connectivity index (χ0) is 16.5. The molecular weight excluding hydrogens is 278 g/mol. The molecule has 1 aromatic carbocycles. The van der Waals surface area contributed by atoms with Crippen molar-refractivity contribution in [3.05, 3.63) is 29.3 Å². The molecule has 4 nitrogen and oxygen atoms in total. The maximum absolute atomic E-state index is 12.3. The lowest BCUT2D eigenvalue weighted by molar-refractivity contribution is -0.125. The highest BCUT2D eigenvalue weighted by Crippen LogP contribution is 2.40. The van der Waals surface area contributed by atoms with Gasteiger partial charge in [-0.3, -0.25) is 4.79 Å². The van der Waals surface area contributed by atoms with E-state index in [2.05, 4.69) is 5.32 Å². The van der Waals surface area contributed by atoms with Crippen molar-refractivity contribution in [1.29, 1.82) is 0 Å². The molecule has 0 saturated heterocycles. The van der Waals surface area contributed by atoms with E-state index in [-0.39, 0.29) is 23.5 Å². The molecule has 0 fully saturated rings. The summed E-state index contributed by atoms with van der Waals surface area (Å²) in [6.45, 7) is 9.74. The van der Waals surface area contributed by atoms with E-state index in [4.69, 9.17) is 4.74 Å². The Balaban J connectivity index is 2.34. The number of carbonyl (C=O) groups excluding carboxylic acids is 1. The van der Waals surface area contributed by atoms with Gasteiger partial charge in [0.25, 0.3) is 0 Å². The first kappa shape index (κ1) is 16.8. The highest BCUT2D eigenvalue weighted by molar-refractivity contribution is 5.78. The average molecular weight is 305 g/mol. The number of benzene rings is 1. The minimum atomic E-state index is -0.536. The highest BCUT2D eigenvalue weighted by atomic mass is 16.5. The molecule has 3 unspecified atom stereocenters. The van der Waals surface area contributed by atoms with Gasteiger partial charge in [-0.25, -0.2) is 0 Å². The Morgan fingerprint density at radius 1 is 1.45 bits per heavy atom. The van der Waals surface area contributed by atoms with Crippen molar-refractivity contribution in [3.63, 3.8) is 0 Å². The lowest BCUT2D eigenvalue weighted by Crippen LogP contribution is -2.42. The molecule has 1 aromatic rings. The Morgan fingerprint density at radius 2 is 2.14 bits per heavy atom. The van der Waals surface area contributed by atoms with Gasteiger partial charge in [-0.15, -0.1) is 0 Å². The van der Waals surface area contributed by atoms with Crippen LogP contribution in [-0.2, 0) is 4.79 Å². The molecule has 0 aliphatic carbocycles. The van der Waals surface area contributed by atoms with E-state index >= 15 is 0 Å². The van der Waals surface area contributed by atoms with Gasteiger partial charge in [0.15, 0.2) is 0 Å². The molecular formula is C18H27NO3. The largest absolute Gasteiger partial charge is 0.487 e. The monoisotopic (exact) mass is 305 g/mol. The summed E-state index contributed by atoms with van der Waals surface area (Å²) in [4.78, 5) is 12.3. The summed E-state index contributed by atoms with van der Waals surface area (Å²) in [5.74, 6) is 0.850. The van der Waals surface area contributed by atoms with E-state index in [1.807, 2.05) is 45.9 Å². The number of amides is 1. The molecule has 2 rings (SSSR count). The summed E-state index contributed by atoms with van der Waals surface area (Å²) in [7, 11) is 0. The van der Waals surface area contributed by atoms with Crippen LogP contribution in [0.5, 0.6) is 5.75 Å². The maximum atomic E-state index is 12.3. The molecule has 3 atom stereocenters. The van der Waals surface area contributed by atoms with E-state index in [0.717, 1.165) is 23.3 Å². The second-order valence-corrected chi connectivity index (χ2v) is 6.91. The first-order valence-electron chi connectivity index (χ1n) is 8.05. The number of nitrogens with one attached hydrogen (secondary N) is 1. The third kappa shape index (κ3) is 3.61. The fourth-order valence-electron chi connectivity index (χ4n) is 2.76. The van der Waals surface area contributed by atoms with Crippen LogP contribution in [0, 0.1) is 5.92 Å². The summed E-state index contributed by atoms with van der Waals surface area (Å²) in [5.41, 5.74) is 1.46. The molecule has 22 heavy (non-hydrogen) atoms. The smallest absolute Gasteiger partial charge is 0.223 e. The summed E-state index contributed by atoms with van der Waals surface area (Å²) in [5, 5.41) is 12.9. The standard InChI is InChI=1S/C18H27NO3/c1-6-11(2)17(21)19-15-10-18(4,5)22-16-8-7-13(12(3)20)9-14(15)16/h7-9,11-12,15,20H,6,10H2,1-5H3,(H,19,21). The van der Waals surface area contributed by atoms with Gasteiger partial charge >= 0.3 is 0 Å². The molecule has 1 heterocycles. The van der Waals surface area contributed by atoms with Gasteiger partial charge in [0, 0.05) is 17.9 Å². The average Bonchev–Trinajstić information content (AvgIpc) is 2.44. The predicted octanol–water partition coefficient (Wildman–Crippen LogP) is 3.50. The van der Waals surface area contributed by atoms with Crippen LogP contribution in [0.1, 0.15) is 70.7 Å². The van der Waals surface area contributed by atoms with E-state index in [9.17, 15) is 9.90 Å². The second-order valence-electron chi connectivity index (χ2n) is 6.91. The molecule has 0 saturated carbocycles. The molecule has 1 aliphatic rings. The van der Waals surface area contributed by atoms with Crippen molar-refractivity contribution in [2.75, 3.05) is 0 Å². The number of fused-ring (bicyclic) bond motifs is 1. The van der Waals surface area contributed by atoms with Gasteiger partial charge in [-0.05, 0) is 44.9 Å². The zero-order valence-corrected chi connectivity index (χ0v) is 14.1. The Bertz CT molecular complexity index is 551. The first-order chi connectivity index (χ1) is 10.2. The molecule has 0 aromatic heterocycles. The summed E-state index contributed by atoms with van der Waals surface area (Å²) in [6.07, 6.45) is 0.996. The molecule has 1 aliphatic heterocycles. The van der Waals surface area contributed by atoms with E-state index < -0.39 is 6.10 Å². The van der Waals surface area contributed by atoms with Crippen LogP contribution in [0.2, 0.25) is 0 Å².